The molecular formula is C45H26N2O2. The lowest BCUT2D eigenvalue weighted by Gasteiger charge is -2.17. The van der Waals surface area contributed by atoms with Gasteiger partial charge in [0.25, 0.3) is 11.1 Å². The first-order valence-electron chi connectivity index (χ1n) is 16.2. The molecule has 0 saturated heterocycles. The van der Waals surface area contributed by atoms with Crippen molar-refractivity contribution >= 4 is 37.8 Å². The van der Waals surface area contributed by atoms with Crippen LogP contribution in [0.5, 0.6) is 0 Å². The number of nitriles is 1. The van der Waals surface area contributed by atoms with Gasteiger partial charge in [0.05, 0.1) is 17.1 Å². The van der Waals surface area contributed by atoms with Gasteiger partial charge in [-0.1, -0.05) is 103 Å². The van der Waals surface area contributed by atoms with Gasteiger partial charge >= 0.3 is 0 Å². The number of nitrogens with zero attached hydrogens (tertiary/aromatic N) is 2. The van der Waals surface area contributed by atoms with Crippen LogP contribution in [0, 0.1) is 11.3 Å². The third kappa shape index (κ3) is 4.52. The van der Waals surface area contributed by atoms with E-state index in [0.717, 1.165) is 66.1 Å². The van der Waals surface area contributed by atoms with E-state index in [1.54, 1.807) is 18.2 Å². The molecule has 0 bridgehead atoms. The molecule has 0 aliphatic carbocycles. The molecule has 0 N–H and O–H groups in total. The monoisotopic (exact) mass is 626 g/mol. The quantitative estimate of drug-likeness (QED) is 0.144. The second-order valence-electron chi connectivity index (χ2n) is 12.4. The van der Waals surface area contributed by atoms with E-state index in [0.29, 0.717) is 21.9 Å². The van der Waals surface area contributed by atoms with Crippen LogP contribution in [0.15, 0.2) is 167 Å². The molecule has 4 nitrogen and oxygen atoms in total. The largest absolute Gasteiger partial charge is 0.268 e. The first-order chi connectivity index (χ1) is 24.1. The van der Waals surface area contributed by atoms with Gasteiger partial charge in [0.2, 0.25) is 0 Å². The number of aromatic nitrogens is 1. The molecule has 2 heterocycles. The maximum absolute atomic E-state index is 14.2. The Bertz CT molecular complexity index is 2860. The Morgan fingerprint density at radius 2 is 0.857 bits per heavy atom. The number of pyridine rings is 2. The molecule has 0 radical (unpaired) electrons. The summed E-state index contributed by atoms with van der Waals surface area (Å²) in [5.41, 5.74) is 8.47. The predicted molar refractivity (Wildman–Crippen MR) is 200 cm³/mol. The van der Waals surface area contributed by atoms with Gasteiger partial charge < -0.3 is 0 Å². The van der Waals surface area contributed by atoms with Gasteiger partial charge in [0.1, 0.15) is 0 Å². The Morgan fingerprint density at radius 1 is 0.388 bits per heavy atom. The van der Waals surface area contributed by atoms with Crippen LogP contribution >= 0.6 is 0 Å². The topological polar surface area (TPSA) is 62.3 Å². The normalized spacial score (nSPS) is 11.4. The van der Waals surface area contributed by atoms with Gasteiger partial charge in [-0.25, -0.2) is 4.40 Å². The van der Waals surface area contributed by atoms with Crippen molar-refractivity contribution < 1.29 is 0 Å². The Labute approximate surface area is 281 Å². The molecule has 0 spiro atoms. The molecule has 2 aromatic heterocycles. The maximum atomic E-state index is 14.2. The molecule has 9 aromatic rings. The second-order valence-corrected chi connectivity index (χ2v) is 12.4. The molecule has 9 rings (SSSR count). The van der Waals surface area contributed by atoms with E-state index >= 15 is 0 Å². The predicted octanol–water partition coefficient (Wildman–Crippen LogP) is 10.1. The van der Waals surface area contributed by atoms with Crippen molar-refractivity contribution in [3.05, 3.63) is 184 Å². The van der Waals surface area contributed by atoms with Crippen molar-refractivity contribution in [1.82, 2.24) is 4.40 Å². The van der Waals surface area contributed by atoms with Gasteiger partial charge in [0, 0.05) is 21.5 Å². The summed E-state index contributed by atoms with van der Waals surface area (Å²) >= 11 is 0. The highest BCUT2D eigenvalue weighted by Gasteiger charge is 2.20. The molecule has 7 aromatic carbocycles. The number of fused-ring (bicyclic) bond motifs is 4. The van der Waals surface area contributed by atoms with E-state index in [2.05, 4.69) is 60.7 Å². The lowest BCUT2D eigenvalue weighted by Crippen LogP contribution is -2.27. The second kappa shape index (κ2) is 11.2. The van der Waals surface area contributed by atoms with E-state index in [1.807, 2.05) is 84.9 Å². The molecule has 0 atom stereocenters. The Morgan fingerprint density at radius 3 is 1.49 bits per heavy atom. The van der Waals surface area contributed by atoms with Crippen LogP contribution in [0.1, 0.15) is 5.56 Å². The highest BCUT2D eigenvalue weighted by Crippen LogP contribution is 2.39. The minimum Gasteiger partial charge on any atom is -0.268 e. The Hall–Kier alpha value is -6.83. The molecule has 4 heteroatoms. The zero-order valence-electron chi connectivity index (χ0n) is 26.2. The minimum atomic E-state index is -0.353. The van der Waals surface area contributed by atoms with E-state index in [-0.39, 0.29) is 11.1 Å². The van der Waals surface area contributed by atoms with Gasteiger partial charge in [-0.3, -0.25) is 9.59 Å². The summed E-state index contributed by atoms with van der Waals surface area (Å²) < 4.78 is 1.35. The Balaban J connectivity index is 1.43. The molecule has 0 unspecified atom stereocenters. The fraction of sp³-hybridized carbons (Fsp3) is 0. The number of hydrogen-bond donors (Lipinski definition) is 0. The molecule has 49 heavy (non-hydrogen) atoms. The summed E-state index contributed by atoms with van der Waals surface area (Å²) in [5.74, 6) is 0. The van der Waals surface area contributed by atoms with Gasteiger partial charge in [-0.2, -0.15) is 5.26 Å². The van der Waals surface area contributed by atoms with Crippen molar-refractivity contribution in [2.75, 3.05) is 0 Å². The summed E-state index contributed by atoms with van der Waals surface area (Å²) in [6, 6.07) is 54.5. The Kier molecular flexibility index (Phi) is 6.47. The van der Waals surface area contributed by atoms with Crippen molar-refractivity contribution in [3.63, 3.8) is 0 Å². The first kappa shape index (κ1) is 28.4. The average Bonchev–Trinajstić information content (AvgIpc) is 3.17. The maximum Gasteiger partial charge on any atom is 0.266 e. The third-order valence-corrected chi connectivity index (χ3v) is 9.57. The summed E-state index contributed by atoms with van der Waals surface area (Å²) in [7, 11) is 0. The van der Waals surface area contributed by atoms with Crippen LogP contribution in [0.25, 0.3) is 82.3 Å². The van der Waals surface area contributed by atoms with Crippen LogP contribution < -0.4 is 11.1 Å². The van der Waals surface area contributed by atoms with Gasteiger partial charge in [0.15, 0.2) is 0 Å². The van der Waals surface area contributed by atoms with Crippen LogP contribution in [0.3, 0.4) is 0 Å². The van der Waals surface area contributed by atoms with Crippen molar-refractivity contribution in [2.45, 2.75) is 0 Å². The summed E-state index contributed by atoms with van der Waals surface area (Å²) in [5, 5.41) is 14.0. The van der Waals surface area contributed by atoms with E-state index in [1.165, 1.54) is 4.40 Å². The third-order valence-electron chi connectivity index (χ3n) is 9.57. The summed E-state index contributed by atoms with van der Waals surface area (Å²) in [6.45, 7) is 0. The average molecular weight is 627 g/mol. The van der Waals surface area contributed by atoms with Gasteiger partial charge in [-0.15, -0.1) is 0 Å². The molecule has 0 saturated carbocycles. The lowest BCUT2D eigenvalue weighted by atomic mass is 9.90. The highest BCUT2D eigenvalue weighted by atomic mass is 16.2. The summed E-state index contributed by atoms with van der Waals surface area (Å²) in [6.07, 6.45) is 0. The molecular weight excluding hydrogens is 601 g/mol. The molecule has 0 aliphatic heterocycles. The zero-order chi connectivity index (χ0) is 33.1. The van der Waals surface area contributed by atoms with Crippen LogP contribution in [-0.2, 0) is 0 Å². The van der Waals surface area contributed by atoms with Crippen molar-refractivity contribution in [1.29, 1.82) is 5.26 Å². The van der Waals surface area contributed by atoms with Gasteiger partial charge in [-0.05, 0) is 110 Å². The SMILES string of the molecule is N#Cc1ccccc1-c1ccc2c(=O)n3c(=O)c4ccccc4c4cc(-c5cc(-c6ccccc6)cc(-c6ccccc6)c5)cc(c2c1)c43. The molecule has 0 aliphatic rings. The standard InChI is InChI=1S/C45H26N2O2/c46-27-31-15-7-8-16-36(31)30-19-20-39-40(24-30)42-26-35(25-41-37-17-9-10-18-38(37)44(48)47(43(41)42)45(39)49)34-22-32(28-11-3-1-4-12-28)21-33(23-34)29-13-5-2-6-14-29/h1-26H. The highest BCUT2D eigenvalue weighted by molar-refractivity contribution is 6.20. The molecule has 0 fully saturated rings. The molecule has 228 valence electrons. The van der Waals surface area contributed by atoms with Crippen LogP contribution in [0.4, 0.5) is 0 Å². The van der Waals surface area contributed by atoms with E-state index < -0.39 is 0 Å². The van der Waals surface area contributed by atoms with E-state index in [9.17, 15) is 14.9 Å². The summed E-state index contributed by atoms with van der Waals surface area (Å²) in [4.78, 5) is 28.2. The minimum absolute atomic E-state index is 0.330. The smallest absolute Gasteiger partial charge is 0.266 e. The number of rotatable bonds is 4. The number of hydrogen-bond acceptors (Lipinski definition) is 3. The van der Waals surface area contributed by atoms with Crippen LogP contribution in [0.2, 0.25) is 0 Å². The number of benzene rings is 7. The van der Waals surface area contributed by atoms with Crippen LogP contribution in [-0.4, -0.2) is 4.40 Å². The van der Waals surface area contributed by atoms with Crippen molar-refractivity contribution in [2.24, 2.45) is 0 Å². The fourth-order valence-corrected chi connectivity index (χ4v) is 7.24. The zero-order valence-corrected chi connectivity index (χ0v) is 26.2. The first-order valence-corrected chi connectivity index (χ1v) is 16.2. The van der Waals surface area contributed by atoms with E-state index in [4.69, 9.17) is 0 Å². The fourth-order valence-electron chi connectivity index (χ4n) is 7.24. The molecule has 0 amide bonds. The van der Waals surface area contributed by atoms with Crippen molar-refractivity contribution in [3.8, 4) is 50.6 Å². The lowest BCUT2D eigenvalue weighted by molar-refractivity contribution is 1.09.